The van der Waals surface area contributed by atoms with Gasteiger partial charge in [0.05, 0.1) is 16.5 Å². The molecule has 0 bridgehead atoms. The molecule has 7 heteroatoms. The van der Waals surface area contributed by atoms with Crippen molar-refractivity contribution >= 4 is 21.4 Å². The maximum Gasteiger partial charge on any atom is 0.216 e. The van der Waals surface area contributed by atoms with Gasteiger partial charge in [0.2, 0.25) is 10.0 Å². The molecule has 5 nitrogen and oxygen atoms in total. The number of aromatic nitrogens is 1. The Balaban J connectivity index is 1.51. The third-order valence-electron chi connectivity index (χ3n) is 4.38. The van der Waals surface area contributed by atoms with Crippen LogP contribution in [0.2, 0.25) is 0 Å². The minimum Gasteiger partial charge on any atom is -0.301 e. The molecule has 21 heavy (non-hydrogen) atoms. The fraction of sp³-hybridized carbons (Fsp3) is 0.786. The first-order valence-corrected chi connectivity index (χ1v) is 9.91. The smallest absolute Gasteiger partial charge is 0.216 e. The number of hydrogen-bond acceptors (Lipinski definition) is 5. The molecule has 0 amide bonds. The summed E-state index contributed by atoms with van der Waals surface area (Å²) in [5.41, 5.74) is 2.99. The van der Waals surface area contributed by atoms with Crippen LogP contribution in [0.1, 0.15) is 29.8 Å². The molecule has 1 aromatic heterocycles. The third-order valence-corrected chi connectivity index (χ3v) is 7.67. The molecular formula is C14H23N3O2S2. The lowest BCUT2D eigenvalue weighted by Gasteiger charge is -2.21. The van der Waals surface area contributed by atoms with Gasteiger partial charge in [-0.3, -0.25) is 0 Å². The van der Waals surface area contributed by atoms with Crippen LogP contribution in [0.3, 0.4) is 0 Å². The number of rotatable bonds is 6. The van der Waals surface area contributed by atoms with Gasteiger partial charge in [-0.15, -0.1) is 11.3 Å². The Hall–Kier alpha value is -0.500. The van der Waals surface area contributed by atoms with Crippen LogP contribution in [-0.2, 0) is 16.6 Å². The zero-order valence-electron chi connectivity index (χ0n) is 12.7. The number of sulfonamides is 1. The molecule has 2 heterocycles. The van der Waals surface area contributed by atoms with E-state index in [1.807, 2.05) is 12.4 Å². The van der Waals surface area contributed by atoms with Gasteiger partial charge in [0.15, 0.2) is 0 Å². The first-order valence-electron chi connectivity index (χ1n) is 7.53. The van der Waals surface area contributed by atoms with E-state index in [1.165, 1.54) is 4.88 Å². The molecule has 0 aromatic carbocycles. The van der Waals surface area contributed by atoms with E-state index in [0.717, 1.165) is 38.0 Å². The summed E-state index contributed by atoms with van der Waals surface area (Å²) < 4.78 is 26.2. The lowest BCUT2D eigenvalue weighted by atomic mass is 10.1. The van der Waals surface area contributed by atoms with Gasteiger partial charge >= 0.3 is 0 Å². The molecule has 0 unspecified atom stereocenters. The number of thiazole rings is 1. The van der Waals surface area contributed by atoms with E-state index in [1.54, 1.807) is 15.6 Å². The predicted octanol–water partition coefficient (Wildman–Crippen LogP) is 1.70. The van der Waals surface area contributed by atoms with E-state index in [2.05, 4.69) is 16.9 Å². The van der Waals surface area contributed by atoms with Gasteiger partial charge in [0.1, 0.15) is 0 Å². The van der Waals surface area contributed by atoms with Crippen molar-refractivity contribution in [2.24, 2.45) is 5.92 Å². The van der Waals surface area contributed by atoms with Crippen molar-refractivity contribution in [1.82, 2.24) is 14.2 Å². The molecule has 1 aliphatic heterocycles. The Morgan fingerprint density at radius 1 is 1.43 bits per heavy atom. The first kappa shape index (κ1) is 15.4. The fourth-order valence-electron chi connectivity index (χ4n) is 2.98. The monoisotopic (exact) mass is 329 g/mol. The number of aryl methyl sites for hydroxylation is 1. The molecule has 1 aromatic rings. The Bertz CT molecular complexity index is 595. The molecular weight excluding hydrogens is 306 g/mol. The van der Waals surface area contributed by atoms with E-state index in [9.17, 15) is 8.42 Å². The average Bonchev–Trinajstić information content (AvgIpc) is 3.07. The van der Waals surface area contributed by atoms with E-state index in [4.69, 9.17) is 0 Å². The summed E-state index contributed by atoms with van der Waals surface area (Å²) in [6, 6.07) is 0. The zero-order chi connectivity index (χ0) is 15.0. The van der Waals surface area contributed by atoms with Crippen LogP contribution in [0.5, 0.6) is 0 Å². The number of nitrogens with zero attached hydrogens (tertiary/aromatic N) is 3. The summed E-state index contributed by atoms with van der Waals surface area (Å²) in [6.07, 6.45) is 2.69. The van der Waals surface area contributed by atoms with Gasteiger partial charge in [-0.25, -0.2) is 17.7 Å². The predicted molar refractivity (Wildman–Crippen MR) is 84.8 cm³/mol. The van der Waals surface area contributed by atoms with Crippen molar-refractivity contribution in [2.45, 2.75) is 38.0 Å². The maximum absolute atomic E-state index is 12.2. The second-order valence-electron chi connectivity index (χ2n) is 6.31. The molecule has 1 saturated carbocycles. The van der Waals surface area contributed by atoms with Crippen molar-refractivity contribution in [1.29, 1.82) is 0 Å². The molecule has 0 radical (unpaired) electrons. The highest BCUT2D eigenvalue weighted by Gasteiger charge is 2.42. The van der Waals surface area contributed by atoms with Crippen molar-refractivity contribution in [3.8, 4) is 0 Å². The highest BCUT2D eigenvalue weighted by Crippen LogP contribution is 2.33. The van der Waals surface area contributed by atoms with Crippen LogP contribution in [0, 0.1) is 12.8 Å². The van der Waals surface area contributed by atoms with Gasteiger partial charge in [-0.1, -0.05) is 0 Å². The summed E-state index contributed by atoms with van der Waals surface area (Å²) in [4.78, 5) is 7.87. The Labute approximate surface area is 131 Å². The molecule has 1 saturated heterocycles. The van der Waals surface area contributed by atoms with Crippen molar-refractivity contribution < 1.29 is 8.42 Å². The first-order chi connectivity index (χ1) is 9.96. The normalized spacial score (nSPS) is 24.0. The molecule has 1 aliphatic carbocycles. The summed E-state index contributed by atoms with van der Waals surface area (Å²) in [5, 5.41) is -0.0752. The van der Waals surface area contributed by atoms with Gasteiger partial charge in [0, 0.05) is 31.1 Å². The Morgan fingerprint density at radius 3 is 2.81 bits per heavy atom. The van der Waals surface area contributed by atoms with Crippen LogP contribution in [0.4, 0.5) is 0 Å². The fourth-order valence-corrected chi connectivity index (χ4v) is 5.77. The third kappa shape index (κ3) is 3.47. The SMILES string of the molecule is Cc1ncsc1CN(C)C[C@H]1CCN(S(=O)(=O)C2CC2)C1. The summed E-state index contributed by atoms with van der Waals surface area (Å²) in [7, 11) is -0.876. The molecule has 3 rings (SSSR count). The molecule has 2 fully saturated rings. The van der Waals surface area contributed by atoms with Crippen molar-refractivity contribution in [3.63, 3.8) is 0 Å². The van der Waals surface area contributed by atoms with Crippen LogP contribution in [0.15, 0.2) is 5.51 Å². The minimum absolute atomic E-state index is 0.0752. The molecule has 118 valence electrons. The van der Waals surface area contributed by atoms with E-state index in [-0.39, 0.29) is 5.25 Å². The maximum atomic E-state index is 12.2. The standard InChI is InChI=1S/C14H23N3O2S2/c1-11-14(20-10-15-11)9-16(2)7-12-5-6-17(8-12)21(18,19)13-3-4-13/h10,12-13H,3-9H2,1-2H3/t12-/m1/s1. The summed E-state index contributed by atoms with van der Waals surface area (Å²) in [6.45, 7) is 5.30. The van der Waals surface area contributed by atoms with E-state index >= 15 is 0 Å². The molecule has 0 N–H and O–H groups in total. The number of hydrogen-bond donors (Lipinski definition) is 0. The van der Waals surface area contributed by atoms with Gasteiger partial charge in [-0.2, -0.15) is 0 Å². The van der Waals surface area contributed by atoms with Gasteiger partial charge in [0.25, 0.3) is 0 Å². The molecule has 2 aliphatic rings. The zero-order valence-corrected chi connectivity index (χ0v) is 14.3. The van der Waals surface area contributed by atoms with Gasteiger partial charge in [-0.05, 0) is 39.2 Å². The minimum atomic E-state index is -2.98. The van der Waals surface area contributed by atoms with Crippen LogP contribution in [-0.4, -0.2) is 54.5 Å². The van der Waals surface area contributed by atoms with Crippen molar-refractivity contribution in [2.75, 3.05) is 26.7 Å². The van der Waals surface area contributed by atoms with Crippen LogP contribution >= 0.6 is 11.3 Å². The van der Waals surface area contributed by atoms with Crippen LogP contribution < -0.4 is 0 Å². The van der Waals surface area contributed by atoms with E-state index < -0.39 is 10.0 Å². The molecule has 0 spiro atoms. The quantitative estimate of drug-likeness (QED) is 0.797. The topological polar surface area (TPSA) is 53.5 Å². The lowest BCUT2D eigenvalue weighted by molar-refractivity contribution is 0.275. The average molecular weight is 329 g/mol. The second kappa shape index (κ2) is 5.95. The highest BCUT2D eigenvalue weighted by molar-refractivity contribution is 7.90. The van der Waals surface area contributed by atoms with Crippen molar-refractivity contribution in [3.05, 3.63) is 16.1 Å². The highest BCUT2D eigenvalue weighted by atomic mass is 32.2. The Kier molecular flexibility index (Phi) is 4.36. The Morgan fingerprint density at radius 2 is 2.19 bits per heavy atom. The van der Waals surface area contributed by atoms with Gasteiger partial charge < -0.3 is 4.90 Å². The lowest BCUT2D eigenvalue weighted by Crippen LogP contribution is -2.33. The largest absolute Gasteiger partial charge is 0.301 e. The van der Waals surface area contributed by atoms with Crippen LogP contribution in [0.25, 0.3) is 0 Å². The molecule has 1 atom stereocenters. The second-order valence-corrected chi connectivity index (χ2v) is 9.47. The van der Waals surface area contributed by atoms with E-state index in [0.29, 0.717) is 19.0 Å². The summed E-state index contributed by atoms with van der Waals surface area (Å²) >= 11 is 1.69. The summed E-state index contributed by atoms with van der Waals surface area (Å²) in [5.74, 6) is 0.455.